The lowest BCUT2D eigenvalue weighted by molar-refractivity contribution is 0.0525. The van der Waals surface area contributed by atoms with Gasteiger partial charge in [-0.1, -0.05) is 12.1 Å². The molecule has 0 spiro atoms. The Bertz CT molecular complexity index is 867. The zero-order valence-electron chi connectivity index (χ0n) is 16.6. The molecule has 2 aromatic rings. The van der Waals surface area contributed by atoms with E-state index in [9.17, 15) is 14.7 Å². The summed E-state index contributed by atoms with van der Waals surface area (Å²) >= 11 is 0. The van der Waals surface area contributed by atoms with Crippen LogP contribution in [0.5, 0.6) is 5.75 Å². The number of esters is 1. The van der Waals surface area contributed by atoms with Gasteiger partial charge in [0.1, 0.15) is 5.75 Å². The molecule has 1 aromatic heterocycles. The maximum absolute atomic E-state index is 12.8. The molecule has 1 saturated heterocycles. The third-order valence-electron chi connectivity index (χ3n) is 5.16. The van der Waals surface area contributed by atoms with Gasteiger partial charge in [0.25, 0.3) is 0 Å². The third kappa shape index (κ3) is 4.04. The van der Waals surface area contributed by atoms with Gasteiger partial charge >= 0.3 is 5.97 Å². The number of aryl methyl sites for hydroxylation is 1. The number of aromatic amines is 1. The van der Waals surface area contributed by atoms with Gasteiger partial charge in [0.2, 0.25) is 0 Å². The smallest absolute Gasteiger partial charge is 0.340 e. The number of rotatable bonds is 6. The summed E-state index contributed by atoms with van der Waals surface area (Å²) < 4.78 is 5.09. The fourth-order valence-corrected chi connectivity index (χ4v) is 3.70. The van der Waals surface area contributed by atoms with E-state index in [1.54, 1.807) is 32.9 Å². The van der Waals surface area contributed by atoms with Crippen LogP contribution < -0.4 is 4.90 Å². The van der Waals surface area contributed by atoms with Crippen LogP contribution in [0.3, 0.4) is 0 Å². The monoisotopic (exact) mass is 385 g/mol. The zero-order valence-corrected chi connectivity index (χ0v) is 16.6. The molecule has 2 N–H and O–H groups in total. The number of anilines is 1. The molecule has 0 radical (unpaired) electrons. The van der Waals surface area contributed by atoms with Crippen molar-refractivity contribution >= 4 is 17.4 Å². The third-order valence-corrected chi connectivity index (χ3v) is 5.16. The number of phenols is 1. The Balaban J connectivity index is 1.63. The van der Waals surface area contributed by atoms with Crippen molar-refractivity contribution in [3.63, 3.8) is 0 Å². The molecule has 7 heteroatoms. The molecule has 0 atom stereocenters. The number of ketones is 1. The first-order valence-corrected chi connectivity index (χ1v) is 9.57. The number of para-hydroxylation sites is 2. The molecular weight excluding hydrogens is 358 g/mol. The number of ether oxygens (including phenoxy) is 1. The summed E-state index contributed by atoms with van der Waals surface area (Å²) in [6, 6.07) is 7.29. The maximum atomic E-state index is 12.8. The number of H-pyrrole nitrogens is 1. The largest absolute Gasteiger partial charge is 0.506 e. The van der Waals surface area contributed by atoms with E-state index in [4.69, 9.17) is 4.74 Å². The van der Waals surface area contributed by atoms with Crippen LogP contribution in [0.1, 0.15) is 39.0 Å². The van der Waals surface area contributed by atoms with Gasteiger partial charge in [0.15, 0.2) is 5.78 Å². The molecule has 28 heavy (non-hydrogen) atoms. The Hall–Kier alpha value is -2.80. The minimum absolute atomic E-state index is 0.0350. The van der Waals surface area contributed by atoms with Gasteiger partial charge in [-0.25, -0.2) is 4.79 Å². The number of hydrogen-bond acceptors (Lipinski definition) is 6. The number of nitrogens with zero attached hydrogens (tertiary/aromatic N) is 2. The molecule has 0 amide bonds. The highest BCUT2D eigenvalue weighted by molar-refractivity contribution is 6.02. The molecule has 1 aliphatic heterocycles. The first-order chi connectivity index (χ1) is 13.4. The minimum Gasteiger partial charge on any atom is -0.506 e. The molecule has 0 saturated carbocycles. The van der Waals surface area contributed by atoms with Crippen molar-refractivity contribution in [1.29, 1.82) is 0 Å². The summed E-state index contributed by atoms with van der Waals surface area (Å²) in [5.74, 6) is -0.160. The highest BCUT2D eigenvalue weighted by Crippen LogP contribution is 2.27. The Morgan fingerprint density at radius 2 is 1.82 bits per heavy atom. The second-order valence-corrected chi connectivity index (χ2v) is 7.02. The van der Waals surface area contributed by atoms with Crippen LogP contribution in [0.2, 0.25) is 0 Å². The number of phenolic OH excluding ortho intramolecular Hbond substituents is 1. The fraction of sp³-hybridized carbons (Fsp3) is 0.429. The van der Waals surface area contributed by atoms with Gasteiger partial charge in [-0.05, 0) is 38.5 Å². The Kier molecular flexibility index (Phi) is 6.04. The molecular formula is C21H27N3O4. The summed E-state index contributed by atoms with van der Waals surface area (Å²) in [5.41, 5.74) is 3.05. The predicted octanol–water partition coefficient (Wildman–Crippen LogP) is 2.52. The van der Waals surface area contributed by atoms with E-state index in [-0.39, 0.29) is 18.1 Å². The number of benzene rings is 1. The van der Waals surface area contributed by atoms with Crippen LogP contribution >= 0.6 is 0 Å². The number of carbonyl (C=O) groups excluding carboxylic acids is 2. The van der Waals surface area contributed by atoms with Gasteiger partial charge in [-0.3, -0.25) is 9.69 Å². The van der Waals surface area contributed by atoms with Crippen molar-refractivity contribution in [2.45, 2.75) is 20.8 Å². The standard InChI is InChI=1S/C21H27N3O4/c1-4-28-21(27)19-14(2)20(22-15(19)3)18(26)13-23-9-11-24(12-10-23)16-7-5-6-8-17(16)25/h5-8,22,25H,4,9-13H2,1-3H3. The van der Waals surface area contributed by atoms with E-state index >= 15 is 0 Å². The van der Waals surface area contributed by atoms with E-state index in [1.807, 2.05) is 12.1 Å². The number of carbonyl (C=O) groups is 2. The summed E-state index contributed by atoms with van der Waals surface area (Å²) in [4.78, 5) is 32.2. The topological polar surface area (TPSA) is 85.9 Å². The zero-order chi connectivity index (χ0) is 20.3. The quantitative estimate of drug-likeness (QED) is 0.587. The van der Waals surface area contributed by atoms with E-state index in [0.29, 0.717) is 29.1 Å². The normalized spacial score (nSPS) is 14.9. The lowest BCUT2D eigenvalue weighted by Crippen LogP contribution is -2.48. The minimum atomic E-state index is -0.399. The summed E-state index contributed by atoms with van der Waals surface area (Å²) in [7, 11) is 0. The number of piperazine rings is 1. The Morgan fingerprint density at radius 1 is 1.14 bits per heavy atom. The van der Waals surface area contributed by atoms with E-state index < -0.39 is 5.97 Å². The molecule has 0 aliphatic carbocycles. The first-order valence-electron chi connectivity index (χ1n) is 9.57. The summed E-state index contributed by atoms with van der Waals surface area (Å²) in [6.07, 6.45) is 0. The second kappa shape index (κ2) is 8.48. The molecule has 1 aromatic carbocycles. The van der Waals surface area contributed by atoms with Crippen LogP contribution in [0.4, 0.5) is 5.69 Å². The average molecular weight is 385 g/mol. The van der Waals surface area contributed by atoms with Gasteiger partial charge in [-0.2, -0.15) is 0 Å². The van der Waals surface area contributed by atoms with E-state index in [0.717, 1.165) is 31.9 Å². The molecule has 0 bridgehead atoms. The summed E-state index contributed by atoms with van der Waals surface area (Å²) in [5, 5.41) is 10.0. The van der Waals surface area contributed by atoms with Crippen LogP contribution in [-0.2, 0) is 4.74 Å². The number of aromatic hydroxyl groups is 1. The number of nitrogens with one attached hydrogen (secondary N) is 1. The van der Waals surface area contributed by atoms with Crippen LogP contribution in [-0.4, -0.2) is 66.1 Å². The second-order valence-electron chi connectivity index (χ2n) is 7.02. The van der Waals surface area contributed by atoms with Crippen molar-refractivity contribution in [2.75, 3.05) is 44.2 Å². The molecule has 1 aliphatic rings. The molecule has 7 nitrogen and oxygen atoms in total. The first kappa shape index (κ1) is 19.9. The molecule has 2 heterocycles. The highest BCUT2D eigenvalue weighted by Gasteiger charge is 2.25. The predicted molar refractivity (Wildman–Crippen MR) is 107 cm³/mol. The van der Waals surface area contributed by atoms with Crippen molar-refractivity contribution < 1.29 is 19.4 Å². The molecule has 150 valence electrons. The van der Waals surface area contributed by atoms with Crippen LogP contribution in [0, 0.1) is 13.8 Å². The van der Waals surface area contributed by atoms with Gasteiger partial charge in [0, 0.05) is 31.9 Å². The molecule has 0 unspecified atom stereocenters. The van der Waals surface area contributed by atoms with Crippen LogP contribution in [0.15, 0.2) is 24.3 Å². The SMILES string of the molecule is CCOC(=O)c1c(C)[nH]c(C(=O)CN2CCN(c3ccccc3O)CC2)c1C. The lowest BCUT2D eigenvalue weighted by atomic mass is 10.1. The average Bonchev–Trinajstić information content (AvgIpc) is 2.97. The van der Waals surface area contributed by atoms with E-state index in [2.05, 4.69) is 14.8 Å². The maximum Gasteiger partial charge on any atom is 0.340 e. The number of aromatic nitrogens is 1. The lowest BCUT2D eigenvalue weighted by Gasteiger charge is -2.35. The van der Waals surface area contributed by atoms with Gasteiger partial charge in [0.05, 0.1) is 30.1 Å². The van der Waals surface area contributed by atoms with E-state index in [1.165, 1.54) is 0 Å². The fourth-order valence-electron chi connectivity index (χ4n) is 3.70. The number of Topliss-reactive ketones (excluding diaryl/α,β-unsaturated/α-hetero) is 1. The highest BCUT2D eigenvalue weighted by atomic mass is 16.5. The van der Waals surface area contributed by atoms with Gasteiger partial charge < -0.3 is 19.7 Å². The molecule has 3 rings (SSSR count). The summed E-state index contributed by atoms with van der Waals surface area (Å²) in [6.45, 7) is 8.83. The number of hydrogen-bond donors (Lipinski definition) is 2. The Morgan fingerprint density at radius 3 is 2.46 bits per heavy atom. The van der Waals surface area contributed by atoms with Crippen LogP contribution in [0.25, 0.3) is 0 Å². The van der Waals surface area contributed by atoms with Crippen molar-refractivity contribution in [3.05, 3.63) is 46.8 Å². The van der Waals surface area contributed by atoms with Crippen molar-refractivity contribution in [2.24, 2.45) is 0 Å². The van der Waals surface area contributed by atoms with Crippen molar-refractivity contribution in [3.8, 4) is 5.75 Å². The molecule has 1 fully saturated rings. The van der Waals surface area contributed by atoms with Gasteiger partial charge in [-0.15, -0.1) is 0 Å². The van der Waals surface area contributed by atoms with Crippen molar-refractivity contribution in [1.82, 2.24) is 9.88 Å². The Labute approximate surface area is 164 Å².